The SMILES string of the molecule is NC1CCC(=O)N(CC2Cc3cc(F)ccc3O2)C1=O. The first kappa shape index (κ1) is 13.1. The van der Waals surface area contributed by atoms with E-state index >= 15 is 0 Å². The maximum atomic E-state index is 13.1. The van der Waals surface area contributed by atoms with Crippen LogP contribution in [0.1, 0.15) is 18.4 Å². The van der Waals surface area contributed by atoms with Crippen LogP contribution < -0.4 is 10.5 Å². The summed E-state index contributed by atoms with van der Waals surface area (Å²) in [7, 11) is 0. The van der Waals surface area contributed by atoms with Crippen LogP contribution in [0, 0.1) is 5.82 Å². The quantitative estimate of drug-likeness (QED) is 0.804. The summed E-state index contributed by atoms with van der Waals surface area (Å²) < 4.78 is 18.8. The monoisotopic (exact) mass is 278 g/mol. The van der Waals surface area contributed by atoms with Crippen LogP contribution in [0.25, 0.3) is 0 Å². The highest BCUT2D eigenvalue weighted by molar-refractivity contribution is 6.00. The third kappa shape index (κ3) is 2.27. The Labute approximate surface area is 115 Å². The van der Waals surface area contributed by atoms with Crippen LogP contribution in [-0.4, -0.2) is 35.4 Å². The zero-order valence-electron chi connectivity index (χ0n) is 10.8. The molecule has 2 heterocycles. The largest absolute Gasteiger partial charge is 0.488 e. The van der Waals surface area contributed by atoms with Gasteiger partial charge in [-0.3, -0.25) is 14.5 Å². The molecule has 0 saturated carbocycles. The first-order chi connectivity index (χ1) is 9.54. The molecule has 0 bridgehead atoms. The van der Waals surface area contributed by atoms with Gasteiger partial charge < -0.3 is 10.5 Å². The molecule has 0 spiro atoms. The van der Waals surface area contributed by atoms with Gasteiger partial charge >= 0.3 is 0 Å². The highest BCUT2D eigenvalue weighted by Crippen LogP contribution is 2.30. The van der Waals surface area contributed by atoms with Crippen molar-refractivity contribution in [1.29, 1.82) is 0 Å². The smallest absolute Gasteiger partial charge is 0.246 e. The molecule has 2 unspecified atom stereocenters. The van der Waals surface area contributed by atoms with Crippen LogP contribution in [0.3, 0.4) is 0 Å². The molecule has 1 aromatic carbocycles. The summed E-state index contributed by atoms with van der Waals surface area (Å²) in [5.74, 6) is -0.285. The standard InChI is InChI=1S/C14H15FN2O3/c15-9-1-3-12-8(5-9)6-10(20-12)7-17-13(18)4-2-11(16)14(17)19/h1,3,5,10-11H,2,4,6-7,16H2. The van der Waals surface area contributed by atoms with Crippen LogP contribution in [0.4, 0.5) is 4.39 Å². The van der Waals surface area contributed by atoms with Crippen molar-refractivity contribution in [1.82, 2.24) is 4.90 Å². The number of amides is 2. The Hall–Kier alpha value is -1.95. The number of carbonyl (C=O) groups is 2. The molecule has 1 fully saturated rings. The molecule has 2 N–H and O–H groups in total. The predicted octanol–water partition coefficient (Wildman–Crippen LogP) is 0.605. The lowest BCUT2D eigenvalue weighted by atomic mass is 10.0. The summed E-state index contributed by atoms with van der Waals surface area (Å²) in [6.07, 6.45) is 0.830. The zero-order valence-corrected chi connectivity index (χ0v) is 10.8. The van der Waals surface area contributed by atoms with E-state index in [1.54, 1.807) is 6.07 Å². The molecule has 1 aromatic rings. The van der Waals surface area contributed by atoms with Crippen molar-refractivity contribution in [2.75, 3.05) is 6.54 Å². The number of likely N-dealkylation sites (tertiary alicyclic amines) is 1. The summed E-state index contributed by atoms with van der Waals surface area (Å²) in [5, 5.41) is 0. The molecule has 2 atom stereocenters. The molecule has 2 aliphatic rings. The van der Waals surface area contributed by atoms with E-state index in [0.717, 1.165) is 5.56 Å². The molecular formula is C14H15FN2O3. The van der Waals surface area contributed by atoms with E-state index in [9.17, 15) is 14.0 Å². The van der Waals surface area contributed by atoms with E-state index < -0.39 is 6.04 Å². The van der Waals surface area contributed by atoms with Crippen molar-refractivity contribution in [3.8, 4) is 5.75 Å². The number of nitrogens with two attached hydrogens (primary N) is 1. The number of rotatable bonds is 2. The highest BCUT2D eigenvalue weighted by Gasteiger charge is 2.35. The van der Waals surface area contributed by atoms with Crippen LogP contribution in [0.5, 0.6) is 5.75 Å². The number of hydrogen-bond acceptors (Lipinski definition) is 4. The number of carbonyl (C=O) groups excluding carboxylic acids is 2. The lowest BCUT2D eigenvalue weighted by molar-refractivity contribution is -0.150. The minimum absolute atomic E-state index is 0.168. The fourth-order valence-electron chi connectivity index (χ4n) is 2.65. The Kier molecular flexibility index (Phi) is 3.17. The Balaban J connectivity index is 1.71. The fraction of sp³-hybridized carbons (Fsp3) is 0.429. The third-order valence-electron chi connectivity index (χ3n) is 3.70. The minimum Gasteiger partial charge on any atom is -0.488 e. The Morgan fingerprint density at radius 1 is 1.40 bits per heavy atom. The number of ether oxygens (including phenoxy) is 1. The first-order valence-corrected chi connectivity index (χ1v) is 6.59. The van der Waals surface area contributed by atoms with Crippen molar-refractivity contribution < 1.29 is 18.7 Å². The second kappa shape index (κ2) is 4.86. The van der Waals surface area contributed by atoms with Crippen LogP contribution >= 0.6 is 0 Å². The van der Waals surface area contributed by atoms with Gasteiger partial charge in [0.05, 0.1) is 12.6 Å². The lowest BCUT2D eigenvalue weighted by Crippen LogP contribution is -2.53. The Morgan fingerprint density at radius 2 is 2.20 bits per heavy atom. The zero-order chi connectivity index (χ0) is 14.3. The maximum absolute atomic E-state index is 13.1. The van der Waals surface area contributed by atoms with Crippen molar-refractivity contribution in [3.05, 3.63) is 29.6 Å². The van der Waals surface area contributed by atoms with Crippen molar-refractivity contribution in [3.63, 3.8) is 0 Å². The van der Waals surface area contributed by atoms with E-state index in [1.807, 2.05) is 0 Å². The van der Waals surface area contributed by atoms with Gasteiger partial charge in [-0.25, -0.2) is 4.39 Å². The van der Waals surface area contributed by atoms with Gasteiger partial charge in [0.2, 0.25) is 11.8 Å². The minimum atomic E-state index is -0.617. The van der Waals surface area contributed by atoms with Crippen LogP contribution in [-0.2, 0) is 16.0 Å². The van der Waals surface area contributed by atoms with E-state index in [4.69, 9.17) is 10.5 Å². The number of piperidine rings is 1. The normalized spacial score (nSPS) is 25.6. The fourth-order valence-corrected chi connectivity index (χ4v) is 2.65. The van der Waals surface area contributed by atoms with E-state index in [1.165, 1.54) is 17.0 Å². The van der Waals surface area contributed by atoms with Gasteiger partial charge in [0.25, 0.3) is 0 Å². The molecule has 1 saturated heterocycles. The Morgan fingerprint density at radius 3 is 3.00 bits per heavy atom. The molecule has 5 nitrogen and oxygen atoms in total. The number of halogens is 1. The Bertz CT molecular complexity index is 576. The average Bonchev–Trinajstić information content (AvgIpc) is 2.81. The summed E-state index contributed by atoms with van der Waals surface area (Å²) in [6, 6.07) is 3.69. The van der Waals surface area contributed by atoms with E-state index in [-0.39, 0.29) is 36.7 Å². The van der Waals surface area contributed by atoms with E-state index in [2.05, 4.69) is 0 Å². The van der Waals surface area contributed by atoms with Gasteiger partial charge in [-0.15, -0.1) is 0 Å². The molecule has 2 amide bonds. The molecule has 0 aliphatic carbocycles. The molecule has 0 radical (unpaired) electrons. The third-order valence-corrected chi connectivity index (χ3v) is 3.70. The molecule has 6 heteroatoms. The molecule has 20 heavy (non-hydrogen) atoms. The van der Waals surface area contributed by atoms with Gasteiger partial charge in [0, 0.05) is 18.4 Å². The summed E-state index contributed by atoms with van der Waals surface area (Å²) >= 11 is 0. The second-order valence-electron chi connectivity index (χ2n) is 5.18. The van der Waals surface area contributed by atoms with Gasteiger partial charge in [-0.1, -0.05) is 0 Å². The number of nitrogens with zero attached hydrogens (tertiary/aromatic N) is 1. The highest BCUT2D eigenvalue weighted by atomic mass is 19.1. The molecule has 2 aliphatic heterocycles. The number of hydrogen-bond donors (Lipinski definition) is 1. The second-order valence-corrected chi connectivity index (χ2v) is 5.18. The summed E-state index contributed by atoms with van der Waals surface area (Å²) in [6.45, 7) is 0.168. The van der Waals surface area contributed by atoms with Crippen molar-refractivity contribution in [2.24, 2.45) is 5.73 Å². The predicted molar refractivity (Wildman–Crippen MR) is 68.4 cm³/mol. The molecular weight excluding hydrogens is 263 g/mol. The van der Waals surface area contributed by atoms with Gasteiger partial charge in [-0.2, -0.15) is 0 Å². The van der Waals surface area contributed by atoms with Crippen molar-refractivity contribution in [2.45, 2.75) is 31.4 Å². The molecule has 3 rings (SSSR count). The summed E-state index contributed by atoms with van der Waals surface area (Å²) in [5.41, 5.74) is 6.44. The topological polar surface area (TPSA) is 72.6 Å². The van der Waals surface area contributed by atoms with E-state index in [0.29, 0.717) is 18.6 Å². The van der Waals surface area contributed by atoms with Crippen LogP contribution in [0.2, 0.25) is 0 Å². The maximum Gasteiger partial charge on any atom is 0.246 e. The lowest BCUT2D eigenvalue weighted by Gasteiger charge is -2.30. The number of imide groups is 1. The van der Waals surface area contributed by atoms with Gasteiger partial charge in [0.15, 0.2) is 0 Å². The van der Waals surface area contributed by atoms with Crippen molar-refractivity contribution >= 4 is 11.8 Å². The summed E-state index contributed by atoms with van der Waals surface area (Å²) in [4.78, 5) is 24.9. The van der Waals surface area contributed by atoms with Gasteiger partial charge in [-0.05, 0) is 24.6 Å². The first-order valence-electron chi connectivity index (χ1n) is 6.59. The average molecular weight is 278 g/mol. The van der Waals surface area contributed by atoms with Gasteiger partial charge in [0.1, 0.15) is 17.7 Å². The number of benzene rings is 1. The molecule has 106 valence electrons. The van der Waals surface area contributed by atoms with Crippen LogP contribution in [0.15, 0.2) is 18.2 Å². The number of fused-ring (bicyclic) bond motifs is 1. The molecule has 0 aromatic heterocycles.